The lowest BCUT2D eigenvalue weighted by atomic mass is 10.1. The number of anilines is 2. The first-order chi connectivity index (χ1) is 14.6. The number of aromatic nitrogens is 2. The molecule has 0 aliphatic heterocycles. The van der Waals surface area contributed by atoms with Crippen LogP contribution < -0.4 is 10.6 Å². The highest BCUT2D eigenvalue weighted by atomic mass is 16.6. The Labute approximate surface area is 181 Å². The maximum atomic E-state index is 12.6. The van der Waals surface area contributed by atoms with E-state index in [0.717, 1.165) is 5.56 Å². The van der Waals surface area contributed by atoms with E-state index in [9.17, 15) is 9.59 Å². The summed E-state index contributed by atoms with van der Waals surface area (Å²) in [6.07, 6.45) is 4.88. The lowest BCUT2D eigenvalue weighted by Gasteiger charge is -2.19. The molecule has 1 heterocycles. The third-order valence-corrected chi connectivity index (χ3v) is 4.24. The average Bonchev–Trinajstić information content (AvgIpc) is 3.07. The lowest BCUT2D eigenvalue weighted by molar-refractivity contribution is 0.0635. The van der Waals surface area contributed by atoms with Crippen LogP contribution in [0.3, 0.4) is 0 Å². The fraction of sp³-hybridized carbons (Fsp3) is 0.208. The van der Waals surface area contributed by atoms with E-state index >= 15 is 0 Å². The van der Waals surface area contributed by atoms with Crippen molar-refractivity contribution in [3.8, 4) is 23.6 Å². The van der Waals surface area contributed by atoms with Crippen molar-refractivity contribution in [2.45, 2.75) is 26.4 Å². The normalized spacial score (nSPS) is 10.8. The van der Waals surface area contributed by atoms with Gasteiger partial charge in [-0.15, -0.1) is 6.42 Å². The molecule has 7 heteroatoms. The lowest BCUT2D eigenvalue weighted by Crippen LogP contribution is -2.27. The summed E-state index contributed by atoms with van der Waals surface area (Å²) in [7, 11) is 1.75. The maximum absolute atomic E-state index is 12.6. The van der Waals surface area contributed by atoms with Gasteiger partial charge in [-0.2, -0.15) is 5.10 Å². The summed E-state index contributed by atoms with van der Waals surface area (Å²) in [4.78, 5) is 24.4. The molecule has 0 bridgehead atoms. The molecule has 3 rings (SSSR count). The van der Waals surface area contributed by atoms with Gasteiger partial charge in [0, 0.05) is 35.5 Å². The number of rotatable bonds is 4. The van der Waals surface area contributed by atoms with Crippen LogP contribution in [-0.2, 0) is 11.8 Å². The zero-order valence-corrected chi connectivity index (χ0v) is 17.9. The number of nitrogens with zero attached hydrogens (tertiary/aromatic N) is 2. The first-order valence-corrected chi connectivity index (χ1v) is 9.67. The van der Waals surface area contributed by atoms with Gasteiger partial charge in [0.05, 0.1) is 5.69 Å². The van der Waals surface area contributed by atoms with Crippen LogP contribution in [-0.4, -0.2) is 27.4 Å². The van der Waals surface area contributed by atoms with Gasteiger partial charge in [-0.1, -0.05) is 24.1 Å². The Balaban J connectivity index is 1.71. The molecule has 0 aliphatic rings. The minimum atomic E-state index is -0.568. The molecule has 2 amide bonds. The first kappa shape index (κ1) is 21.7. The molecule has 31 heavy (non-hydrogen) atoms. The zero-order valence-electron chi connectivity index (χ0n) is 17.9. The first-order valence-electron chi connectivity index (χ1n) is 9.67. The molecule has 0 unspecified atom stereocenters. The number of aryl methyl sites for hydroxylation is 1. The highest BCUT2D eigenvalue weighted by Crippen LogP contribution is 2.24. The van der Waals surface area contributed by atoms with Crippen LogP contribution in [0.1, 0.15) is 36.7 Å². The summed E-state index contributed by atoms with van der Waals surface area (Å²) >= 11 is 0. The van der Waals surface area contributed by atoms with E-state index in [0.29, 0.717) is 28.3 Å². The third kappa shape index (κ3) is 5.73. The predicted octanol–water partition coefficient (Wildman–Crippen LogP) is 4.67. The Morgan fingerprint density at radius 3 is 2.42 bits per heavy atom. The van der Waals surface area contributed by atoms with Crippen molar-refractivity contribution < 1.29 is 14.3 Å². The molecule has 0 spiro atoms. The van der Waals surface area contributed by atoms with E-state index in [4.69, 9.17) is 11.2 Å². The summed E-state index contributed by atoms with van der Waals surface area (Å²) in [5.41, 5.74) is 2.66. The Hall–Kier alpha value is -4.05. The van der Waals surface area contributed by atoms with Gasteiger partial charge >= 0.3 is 6.09 Å². The summed E-state index contributed by atoms with van der Waals surface area (Å²) in [5.74, 6) is 2.79. The number of hydrogen-bond donors (Lipinski definition) is 2. The standard InChI is InChI=1S/C24H24N4O3/c1-6-16-8-7-9-18(14-16)22(29)26-21-15-20(27-28(21)5)17-10-12-19(13-11-17)25-23(30)31-24(2,3)4/h1,7-15H,2-5H3,(H,25,30)(H,26,29). The Kier molecular flexibility index (Phi) is 6.12. The van der Waals surface area contributed by atoms with E-state index in [-0.39, 0.29) is 5.91 Å². The van der Waals surface area contributed by atoms with Crippen LogP contribution in [0.5, 0.6) is 0 Å². The van der Waals surface area contributed by atoms with E-state index in [2.05, 4.69) is 21.7 Å². The number of amides is 2. The molecule has 0 radical (unpaired) electrons. The Bertz CT molecular complexity index is 1150. The molecule has 3 aromatic rings. The van der Waals surface area contributed by atoms with E-state index < -0.39 is 11.7 Å². The second-order valence-electron chi connectivity index (χ2n) is 7.92. The molecule has 1 aromatic heterocycles. The zero-order chi connectivity index (χ0) is 22.6. The van der Waals surface area contributed by atoms with Crippen LogP contribution in [0, 0.1) is 12.3 Å². The van der Waals surface area contributed by atoms with Crippen LogP contribution in [0.4, 0.5) is 16.3 Å². The van der Waals surface area contributed by atoms with Crippen LogP contribution in [0.2, 0.25) is 0 Å². The van der Waals surface area contributed by atoms with Crippen molar-refractivity contribution in [2.24, 2.45) is 7.05 Å². The minimum absolute atomic E-state index is 0.274. The van der Waals surface area contributed by atoms with Gasteiger partial charge in [-0.05, 0) is 51.1 Å². The van der Waals surface area contributed by atoms with Gasteiger partial charge in [0.1, 0.15) is 11.4 Å². The van der Waals surface area contributed by atoms with Gasteiger partial charge < -0.3 is 10.1 Å². The van der Waals surface area contributed by atoms with Crippen LogP contribution in [0.25, 0.3) is 11.3 Å². The molecule has 2 N–H and O–H groups in total. The largest absolute Gasteiger partial charge is 0.444 e. The maximum Gasteiger partial charge on any atom is 0.412 e. The molecule has 0 fully saturated rings. The van der Waals surface area contributed by atoms with Crippen molar-refractivity contribution in [3.05, 3.63) is 65.7 Å². The molecule has 0 aliphatic carbocycles. The number of nitrogens with one attached hydrogen (secondary N) is 2. The quantitative estimate of drug-likeness (QED) is 0.606. The second kappa shape index (κ2) is 8.76. The SMILES string of the molecule is C#Cc1cccc(C(=O)Nc2cc(-c3ccc(NC(=O)OC(C)(C)C)cc3)nn2C)c1. The molecule has 0 atom stereocenters. The van der Waals surface area contributed by atoms with Crippen molar-refractivity contribution in [3.63, 3.8) is 0 Å². The van der Waals surface area contributed by atoms with Gasteiger partial charge in [-0.3, -0.25) is 14.8 Å². The van der Waals surface area contributed by atoms with Crippen molar-refractivity contribution in [2.75, 3.05) is 10.6 Å². The van der Waals surface area contributed by atoms with Gasteiger partial charge in [0.25, 0.3) is 5.91 Å². The van der Waals surface area contributed by atoms with Crippen LogP contribution in [0.15, 0.2) is 54.6 Å². The fourth-order valence-electron chi connectivity index (χ4n) is 2.81. The number of carbonyl (C=O) groups excluding carboxylic acids is 2. The highest BCUT2D eigenvalue weighted by molar-refractivity contribution is 6.04. The second-order valence-corrected chi connectivity index (χ2v) is 7.92. The summed E-state index contributed by atoms with van der Waals surface area (Å²) in [5, 5.41) is 9.99. The average molecular weight is 416 g/mol. The molecular formula is C24H24N4O3. The number of carbonyl (C=O) groups is 2. The topological polar surface area (TPSA) is 85.2 Å². The van der Waals surface area contributed by atoms with Crippen LogP contribution >= 0.6 is 0 Å². The number of terminal acetylenes is 1. The number of hydrogen-bond acceptors (Lipinski definition) is 4. The van der Waals surface area contributed by atoms with Gasteiger partial charge in [-0.25, -0.2) is 4.79 Å². The predicted molar refractivity (Wildman–Crippen MR) is 121 cm³/mol. The molecule has 2 aromatic carbocycles. The van der Waals surface area contributed by atoms with Crippen molar-refractivity contribution >= 4 is 23.5 Å². The summed E-state index contributed by atoms with van der Waals surface area (Å²) < 4.78 is 6.84. The smallest absolute Gasteiger partial charge is 0.412 e. The fourth-order valence-corrected chi connectivity index (χ4v) is 2.81. The molecule has 0 saturated carbocycles. The Morgan fingerprint density at radius 2 is 1.77 bits per heavy atom. The number of benzene rings is 2. The molecule has 158 valence electrons. The highest BCUT2D eigenvalue weighted by Gasteiger charge is 2.16. The summed E-state index contributed by atoms with van der Waals surface area (Å²) in [6, 6.07) is 15.8. The summed E-state index contributed by atoms with van der Waals surface area (Å²) in [6.45, 7) is 5.41. The van der Waals surface area contributed by atoms with E-state index in [1.54, 1.807) is 75.0 Å². The third-order valence-electron chi connectivity index (χ3n) is 4.24. The Morgan fingerprint density at radius 1 is 1.06 bits per heavy atom. The number of ether oxygens (including phenoxy) is 1. The van der Waals surface area contributed by atoms with Gasteiger partial charge in [0.15, 0.2) is 0 Å². The van der Waals surface area contributed by atoms with Crippen molar-refractivity contribution in [1.29, 1.82) is 0 Å². The molecule has 0 saturated heterocycles. The minimum Gasteiger partial charge on any atom is -0.444 e. The van der Waals surface area contributed by atoms with E-state index in [1.807, 2.05) is 12.1 Å². The monoisotopic (exact) mass is 416 g/mol. The van der Waals surface area contributed by atoms with E-state index in [1.165, 1.54) is 0 Å². The van der Waals surface area contributed by atoms with Gasteiger partial charge in [0.2, 0.25) is 0 Å². The molecular weight excluding hydrogens is 392 g/mol. The van der Waals surface area contributed by atoms with Crippen molar-refractivity contribution in [1.82, 2.24) is 9.78 Å². The molecule has 7 nitrogen and oxygen atoms in total.